The molecule has 7 heteroatoms. The molecule has 38 heavy (non-hydrogen) atoms. The summed E-state index contributed by atoms with van der Waals surface area (Å²) in [7, 11) is 1.90. The zero-order valence-corrected chi connectivity index (χ0v) is 21.5. The second-order valence-electron chi connectivity index (χ2n) is 10.00. The number of Topliss-reactive ketones (excluding diaryl/α,β-unsaturated/α-hetero) is 1. The molecule has 1 atom stereocenters. The second kappa shape index (κ2) is 10.2. The Morgan fingerprint density at radius 1 is 1.03 bits per heavy atom. The molecule has 1 aromatic heterocycles. The Balaban J connectivity index is 1.66. The van der Waals surface area contributed by atoms with Gasteiger partial charge in [-0.2, -0.15) is 0 Å². The summed E-state index contributed by atoms with van der Waals surface area (Å²) in [5.74, 6) is -1.27. The van der Waals surface area contributed by atoms with E-state index in [1.54, 1.807) is 36.4 Å². The molecule has 4 aromatic rings. The highest BCUT2D eigenvalue weighted by Gasteiger charge is 2.47. The van der Waals surface area contributed by atoms with E-state index in [0.717, 1.165) is 16.5 Å². The molecule has 1 aliphatic heterocycles. The first-order valence-electron chi connectivity index (χ1n) is 12.5. The monoisotopic (exact) mass is 512 g/mol. The standard InChI is InChI=1S/C31H29FN2O4/c1-19(2)18-38-23-8-6-7-21(15-23)29(35)27-28(25-17-33(3)26-10-5-4-9-24(25)26)34(31(37)30(27)36)16-20-11-13-22(32)14-12-20/h4-15,17,19,28,35H,16,18H2,1-3H3/b29-27+. The van der Waals surface area contributed by atoms with Crippen LogP contribution < -0.4 is 4.74 Å². The number of nitrogens with zero attached hydrogens (tertiary/aromatic N) is 2. The van der Waals surface area contributed by atoms with E-state index in [1.807, 2.05) is 55.9 Å². The maximum atomic E-state index is 13.6. The number of carbonyl (C=O) groups excluding carboxylic acids is 2. The molecule has 6 nitrogen and oxygen atoms in total. The van der Waals surface area contributed by atoms with Gasteiger partial charge in [0, 0.05) is 41.8 Å². The molecular weight excluding hydrogens is 483 g/mol. The predicted molar refractivity (Wildman–Crippen MR) is 144 cm³/mol. The van der Waals surface area contributed by atoms with Crippen molar-refractivity contribution in [3.05, 3.63) is 107 Å². The maximum absolute atomic E-state index is 13.6. The van der Waals surface area contributed by atoms with E-state index in [1.165, 1.54) is 17.0 Å². The van der Waals surface area contributed by atoms with E-state index in [0.29, 0.717) is 29.4 Å². The van der Waals surface area contributed by atoms with Crippen molar-refractivity contribution >= 4 is 28.4 Å². The SMILES string of the molecule is CC(C)COc1cccc(/C(O)=C2\C(=O)C(=O)N(Cc3ccc(F)cc3)C2c2cn(C)c3ccccc23)c1. The van der Waals surface area contributed by atoms with Gasteiger partial charge in [0.1, 0.15) is 17.3 Å². The number of hydrogen-bond acceptors (Lipinski definition) is 4. The van der Waals surface area contributed by atoms with Gasteiger partial charge in [-0.3, -0.25) is 9.59 Å². The normalized spacial score (nSPS) is 17.1. The van der Waals surface area contributed by atoms with Crippen molar-refractivity contribution in [2.24, 2.45) is 13.0 Å². The number of aryl methyl sites for hydroxylation is 1. The molecule has 1 saturated heterocycles. The zero-order chi connectivity index (χ0) is 27.0. The quantitative estimate of drug-likeness (QED) is 0.188. The van der Waals surface area contributed by atoms with Gasteiger partial charge in [0.2, 0.25) is 0 Å². The Hall–Kier alpha value is -4.39. The van der Waals surface area contributed by atoms with Crippen molar-refractivity contribution in [2.75, 3.05) is 6.61 Å². The van der Waals surface area contributed by atoms with Crippen LogP contribution in [0.5, 0.6) is 5.75 Å². The predicted octanol–water partition coefficient (Wildman–Crippen LogP) is 5.97. The van der Waals surface area contributed by atoms with Crippen LogP contribution in [0, 0.1) is 11.7 Å². The number of ketones is 1. The number of carbonyl (C=O) groups is 2. The Kier molecular flexibility index (Phi) is 6.76. The molecule has 1 aliphatic rings. The molecule has 1 fully saturated rings. The summed E-state index contributed by atoms with van der Waals surface area (Å²) in [4.78, 5) is 28.4. The van der Waals surface area contributed by atoms with E-state index in [9.17, 15) is 19.1 Å². The van der Waals surface area contributed by atoms with Gasteiger partial charge in [-0.15, -0.1) is 0 Å². The number of ether oxygens (including phenoxy) is 1. The molecule has 1 amide bonds. The fourth-order valence-corrected chi connectivity index (χ4v) is 4.90. The van der Waals surface area contributed by atoms with Crippen molar-refractivity contribution in [2.45, 2.75) is 26.4 Å². The van der Waals surface area contributed by atoms with Gasteiger partial charge in [0.25, 0.3) is 11.7 Å². The molecule has 194 valence electrons. The minimum absolute atomic E-state index is 0.00877. The number of fused-ring (bicyclic) bond motifs is 1. The number of aliphatic hydroxyl groups is 1. The smallest absolute Gasteiger partial charge is 0.295 e. The summed E-state index contributed by atoms with van der Waals surface area (Å²) >= 11 is 0. The first kappa shape index (κ1) is 25.3. The summed E-state index contributed by atoms with van der Waals surface area (Å²) in [6.07, 6.45) is 1.88. The number of para-hydroxylation sites is 1. The average molecular weight is 513 g/mol. The highest BCUT2D eigenvalue weighted by Crippen LogP contribution is 2.43. The molecule has 3 aromatic carbocycles. The molecule has 1 unspecified atom stereocenters. The maximum Gasteiger partial charge on any atom is 0.295 e. The number of rotatable bonds is 7. The van der Waals surface area contributed by atoms with Crippen molar-refractivity contribution in [3.8, 4) is 5.75 Å². The first-order chi connectivity index (χ1) is 18.2. The van der Waals surface area contributed by atoms with Crippen LogP contribution in [-0.4, -0.2) is 32.9 Å². The van der Waals surface area contributed by atoms with Crippen molar-refractivity contribution in [1.82, 2.24) is 9.47 Å². The van der Waals surface area contributed by atoms with Crippen LogP contribution in [0.1, 0.15) is 36.6 Å². The van der Waals surface area contributed by atoms with Gasteiger partial charge in [0.15, 0.2) is 0 Å². The fraction of sp³-hybridized carbons (Fsp3) is 0.226. The number of aliphatic hydroxyl groups excluding tert-OH is 1. The van der Waals surface area contributed by atoms with Crippen molar-refractivity contribution < 1.29 is 23.8 Å². The molecule has 0 spiro atoms. The Morgan fingerprint density at radius 3 is 2.50 bits per heavy atom. The first-order valence-corrected chi connectivity index (χ1v) is 12.5. The Morgan fingerprint density at radius 2 is 1.76 bits per heavy atom. The van der Waals surface area contributed by atoms with Crippen LogP contribution in [0.25, 0.3) is 16.7 Å². The fourth-order valence-electron chi connectivity index (χ4n) is 4.90. The summed E-state index contributed by atoms with van der Waals surface area (Å²) in [6.45, 7) is 4.66. The molecule has 5 rings (SSSR count). The summed E-state index contributed by atoms with van der Waals surface area (Å²) in [5.41, 5.74) is 2.71. The topological polar surface area (TPSA) is 71.8 Å². The minimum Gasteiger partial charge on any atom is -0.507 e. The third-order valence-electron chi connectivity index (χ3n) is 6.72. The van der Waals surface area contributed by atoms with Gasteiger partial charge in [-0.25, -0.2) is 4.39 Å². The third kappa shape index (κ3) is 4.67. The van der Waals surface area contributed by atoms with Gasteiger partial charge < -0.3 is 19.3 Å². The highest BCUT2D eigenvalue weighted by atomic mass is 19.1. The largest absolute Gasteiger partial charge is 0.507 e. The summed E-state index contributed by atoms with van der Waals surface area (Å²) < 4.78 is 21.3. The van der Waals surface area contributed by atoms with Gasteiger partial charge in [0.05, 0.1) is 18.2 Å². The number of likely N-dealkylation sites (tertiary alicyclic amines) is 1. The van der Waals surface area contributed by atoms with Crippen molar-refractivity contribution in [3.63, 3.8) is 0 Å². The number of halogens is 1. The van der Waals surface area contributed by atoms with Gasteiger partial charge >= 0.3 is 0 Å². The van der Waals surface area contributed by atoms with E-state index in [2.05, 4.69) is 0 Å². The van der Waals surface area contributed by atoms with Crippen LogP contribution in [0.4, 0.5) is 4.39 Å². The molecule has 0 saturated carbocycles. The number of benzene rings is 3. The number of amides is 1. The highest BCUT2D eigenvalue weighted by molar-refractivity contribution is 6.46. The van der Waals surface area contributed by atoms with Crippen LogP contribution in [0.15, 0.2) is 84.6 Å². The molecule has 0 radical (unpaired) electrons. The van der Waals surface area contributed by atoms with Crippen LogP contribution >= 0.6 is 0 Å². The lowest BCUT2D eigenvalue weighted by Crippen LogP contribution is -2.29. The van der Waals surface area contributed by atoms with Gasteiger partial charge in [-0.1, -0.05) is 56.3 Å². The number of aromatic nitrogens is 1. The average Bonchev–Trinajstić information content (AvgIpc) is 3.37. The summed E-state index contributed by atoms with van der Waals surface area (Å²) in [6, 6.07) is 19.6. The molecule has 0 aliphatic carbocycles. The lowest BCUT2D eigenvalue weighted by atomic mass is 9.94. The van der Waals surface area contributed by atoms with E-state index in [4.69, 9.17) is 4.74 Å². The van der Waals surface area contributed by atoms with E-state index in [-0.39, 0.29) is 23.7 Å². The van der Waals surface area contributed by atoms with Crippen LogP contribution in [0.3, 0.4) is 0 Å². The third-order valence-corrected chi connectivity index (χ3v) is 6.72. The molecule has 0 bridgehead atoms. The van der Waals surface area contributed by atoms with Crippen molar-refractivity contribution in [1.29, 1.82) is 0 Å². The molecular formula is C31H29FN2O4. The van der Waals surface area contributed by atoms with Crippen LogP contribution in [-0.2, 0) is 23.2 Å². The second-order valence-corrected chi connectivity index (χ2v) is 10.00. The van der Waals surface area contributed by atoms with E-state index >= 15 is 0 Å². The molecule has 2 heterocycles. The Labute approximate surface area is 220 Å². The lowest BCUT2D eigenvalue weighted by molar-refractivity contribution is -0.140. The van der Waals surface area contributed by atoms with E-state index < -0.39 is 17.7 Å². The van der Waals surface area contributed by atoms with Crippen LogP contribution in [0.2, 0.25) is 0 Å². The Bertz CT molecular complexity index is 1550. The zero-order valence-electron chi connectivity index (χ0n) is 21.5. The molecule has 1 N–H and O–H groups in total. The summed E-state index contributed by atoms with van der Waals surface area (Å²) in [5, 5.41) is 12.4. The minimum atomic E-state index is -0.841. The van der Waals surface area contributed by atoms with Gasteiger partial charge in [-0.05, 0) is 41.8 Å². The lowest BCUT2D eigenvalue weighted by Gasteiger charge is -2.25. The number of hydrogen-bond donors (Lipinski definition) is 1.